The summed E-state index contributed by atoms with van der Waals surface area (Å²) in [5, 5.41) is 0. The fourth-order valence-corrected chi connectivity index (χ4v) is 4.00. The number of nitrogens with zero attached hydrogens (tertiary/aromatic N) is 3. The zero-order valence-electron chi connectivity index (χ0n) is 15.0. The SMILES string of the molecule is O=C(CCC1CCCCC1)N1CCCN(C(=O)c2cccnc2)CC1. The van der Waals surface area contributed by atoms with Crippen LogP contribution in [0, 0.1) is 5.92 Å². The summed E-state index contributed by atoms with van der Waals surface area (Å²) in [6.45, 7) is 2.73. The maximum absolute atomic E-state index is 12.6. The number of carbonyl (C=O) groups is 2. The predicted molar refractivity (Wildman–Crippen MR) is 97.1 cm³/mol. The van der Waals surface area contributed by atoms with E-state index < -0.39 is 0 Å². The predicted octanol–water partition coefficient (Wildman–Crippen LogP) is 3.12. The minimum absolute atomic E-state index is 0.0182. The van der Waals surface area contributed by atoms with E-state index in [2.05, 4.69) is 4.98 Å². The van der Waals surface area contributed by atoms with E-state index in [4.69, 9.17) is 0 Å². The number of amides is 2. The van der Waals surface area contributed by atoms with Crippen LogP contribution in [-0.2, 0) is 4.79 Å². The number of pyridine rings is 1. The van der Waals surface area contributed by atoms with Crippen molar-refractivity contribution in [1.82, 2.24) is 14.8 Å². The van der Waals surface area contributed by atoms with E-state index in [0.29, 0.717) is 31.6 Å². The quantitative estimate of drug-likeness (QED) is 0.844. The zero-order chi connectivity index (χ0) is 17.5. The summed E-state index contributed by atoms with van der Waals surface area (Å²) in [5.74, 6) is 1.03. The van der Waals surface area contributed by atoms with Gasteiger partial charge in [0.15, 0.2) is 0 Å². The molecule has 1 aliphatic heterocycles. The lowest BCUT2D eigenvalue weighted by Gasteiger charge is -2.24. The summed E-state index contributed by atoms with van der Waals surface area (Å²) >= 11 is 0. The van der Waals surface area contributed by atoms with Gasteiger partial charge in [-0.2, -0.15) is 0 Å². The molecule has 5 nitrogen and oxygen atoms in total. The minimum Gasteiger partial charge on any atom is -0.341 e. The van der Waals surface area contributed by atoms with E-state index in [1.807, 2.05) is 9.80 Å². The first-order chi connectivity index (χ1) is 12.2. The molecule has 2 fully saturated rings. The van der Waals surface area contributed by atoms with Crippen molar-refractivity contribution in [2.45, 2.75) is 51.4 Å². The number of hydrogen-bond donors (Lipinski definition) is 0. The van der Waals surface area contributed by atoms with E-state index in [1.165, 1.54) is 32.1 Å². The molecule has 136 valence electrons. The molecule has 5 heteroatoms. The lowest BCUT2D eigenvalue weighted by atomic mass is 9.86. The van der Waals surface area contributed by atoms with E-state index in [-0.39, 0.29) is 11.8 Å². The first kappa shape index (κ1) is 17.9. The molecule has 0 bridgehead atoms. The highest BCUT2D eigenvalue weighted by Gasteiger charge is 2.23. The standard InChI is InChI=1S/C20H29N3O2/c24-19(10-9-17-6-2-1-3-7-17)22-12-5-13-23(15-14-22)20(25)18-8-4-11-21-16-18/h4,8,11,16-17H,1-3,5-7,9-10,12-15H2. The highest BCUT2D eigenvalue weighted by atomic mass is 16.2. The second kappa shape index (κ2) is 8.97. The molecule has 25 heavy (non-hydrogen) atoms. The second-order valence-electron chi connectivity index (χ2n) is 7.31. The van der Waals surface area contributed by atoms with Gasteiger partial charge in [0.25, 0.3) is 5.91 Å². The molecule has 2 heterocycles. The van der Waals surface area contributed by atoms with Gasteiger partial charge in [-0.3, -0.25) is 14.6 Å². The van der Waals surface area contributed by atoms with Gasteiger partial charge in [-0.1, -0.05) is 32.1 Å². The van der Waals surface area contributed by atoms with Crippen LogP contribution < -0.4 is 0 Å². The normalized spacial score (nSPS) is 19.5. The Balaban J connectivity index is 1.47. The molecule has 1 saturated heterocycles. The molecule has 2 aliphatic rings. The molecular weight excluding hydrogens is 314 g/mol. The Morgan fingerprint density at radius 3 is 2.52 bits per heavy atom. The summed E-state index contributed by atoms with van der Waals surface area (Å²) < 4.78 is 0. The number of carbonyl (C=O) groups excluding carboxylic acids is 2. The Labute approximate surface area is 150 Å². The molecule has 0 spiro atoms. The molecule has 1 aromatic rings. The molecule has 0 N–H and O–H groups in total. The fraction of sp³-hybridized carbons (Fsp3) is 0.650. The van der Waals surface area contributed by atoms with Crippen LogP contribution in [0.15, 0.2) is 24.5 Å². The van der Waals surface area contributed by atoms with Crippen molar-refractivity contribution in [2.24, 2.45) is 5.92 Å². The van der Waals surface area contributed by atoms with E-state index >= 15 is 0 Å². The first-order valence-corrected chi connectivity index (χ1v) is 9.71. The van der Waals surface area contributed by atoms with Gasteiger partial charge >= 0.3 is 0 Å². The van der Waals surface area contributed by atoms with Crippen molar-refractivity contribution in [3.8, 4) is 0 Å². The van der Waals surface area contributed by atoms with Crippen LogP contribution in [-0.4, -0.2) is 52.8 Å². The van der Waals surface area contributed by atoms with Crippen LogP contribution in [0.3, 0.4) is 0 Å². The Bertz CT molecular complexity index is 570. The van der Waals surface area contributed by atoms with Crippen LogP contribution in [0.1, 0.15) is 61.7 Å². The molecule has 2 amide bonds. The van der Waals surface area contributed by atoms with E-state index in [1.54, 1.807) is 24.5 Å². The maximum atomic E-state index is 12.6. The Kier molecular flexibility index (Phi) is 6.42. The molecule has 0 atom stereocenters. The van der Waals surface area contributed by atoms with Crippen molar-refractivity contribution in [1.29, 1.82) is 0 Å². The van der Waals surface area contributed by atoms with Gasteiger partial charge < -0.3 is 9.80 Å². The summed E-state index contributed by atoms with van der Waals surface area (Å²) in [4.78, 5) is 32.9. The van der Waals surface area contributed by atoms with Crippen LogP contribution in [0.2, 0.25) is 0 Å². The summed E-state index contributed by atoms with van der Waals surface area (Å²) in [5.41, 5.74) is 0.625. The van der Waals surface area contributed by atoms with Gasteiger partial charge in [0, 0.05) is 45.0 Å². The van der Waals surface area contributed by atoms with Gasteiger partial charge in [-0.05, 0) is 30.9 Å². The Morgan fingerprint density at radius 2 is 1.76 bits per heavy atom. The van der Waals surface area contributed by atoms with Crippen LogP contribution in [0.5, 0.6) is 0 Å². The molecule has 1 saturated carbocycles. The average molecular weight is 343 g/mol. The smallest absolute Gasteiger partial charge is 0.255 e. The number of hydrogen-bond acceptors (Lipinski definition) is 3. The summed E-state index contributed by atoms with van der Waals surface area (Å²) in [7, 11) is 0. The maximum Gasteiger partial charge on any atom is 0.255 e. The molecule has 1 aromatic heterocycles. The highest BCUT2D eigenvalue weighted by molar-refractivity contribution is 5.93. The topological polar surface area (TPSA) is 53.5 Å². The van der Waals surface area contributed by atoms with E-state index in [9.17, 15) is 9.59 Å². The molecule has 0 unspecified atom stereocenters. The first-order valence-electron chi connectivity index (χ1n) is 9.71. The number of aromatic nitrogens is 1. The van der Waals surface area contributed by atoms with Crippen molar-refractivity contribution < 1.29 is 9.59 Å². The van der Waals surface area contributed by atoms with Crippen molar-refractivity contribution >= 4 is 11.8 Å². The average Bonchev–Trinajstić information content (AvgIpc) is 2.93. The van der Waals surface area contributed by atoms with Gasteiger partial charge in [-0.15, -0.1) is 0 Å². The van der Waals surface area contributed by atoms with Crippen molar-refractivity contribution in [2.75, 3.05) is 26.2 Å². The van der Waals surface area contributed by atoms with Gasteiger partial charge in [0.1, 0.15) is 0 Å². The van der Waals surface area contributed by atoms with Crippen LogP contribution in [0.25, 0.3) is 0 Å². The third kappa shape index (κ3) is 5.03. The molecule has 0 radical (unpaired) electrons. The monoisotopic (exact) mass is 343 g/mol. The Morgan fingerprint density at radius 1 is 1.00 bits per heavy atom. The van der Waals surface area contributed by atoms with Crippen molar-refractivity contribution in [3.05, 3.63) is 30.1 Å². The molecule has 0 aromatic carbocycles. The molecule has 3 rings (SSSR count). The van der Waals surface area contributed by atoms with E-state index in [0.717, 1.165) is 25.3 Å². The van der Waals surface area contributed by atoms with Gasteiger partial charge in [-0.25, -0.2) is 0 Å². The third-order valence-corrected chi connectivity index (χ3v) is 5.54. The van der Waals surface area contributed by atoms with Gasteiger partial charge in [0.05, 0.1) is 5.56 Å². The third-order valence-electron chi connectivity index (χ3n) is 5.54. The minimum atomic E-state index is 0.0182. The van der Waals surface area contributed by atoms with Crippen molar-refractivity contribution in [3.63, 3.8) is 0 Å². The number of rotatable bonds is 4. The Hall–Kier alpha value is -1.91. The van der Waals surface area contributed by atoms with Gasteiger partial charge in [0.2, 0.25) is 5.91 Å². The largest absolute Gasteiger partial charge is 0.341 e. The zero-order valence-corrected chi connectivity index (χ0v) is 15.0. The lowest BCUT2D eigenvalue weighted by Crippen LogP contribution is -2.37. The highest BCUT2D eigenvalue weighted by Crippen LogP contribution is 2.27. The lowest BCUT2D eigenvalue weighted by molar-refractivity contribution is -0.131. The fourth-order valence-electron chi connectivity index (χ4n) is 4.00. The van der Waals surface area contributed by atoms with Crippen LogP contribution in [0.4, 0.5) is 0 Å². The molecule has 1 aliphatic carbocycles. The second-order valence-corrected chi connectivity index (χ2v) is 7.31. The summed E-state index contributed by atoms with van der Waals surface area (Å²) in [6, 6.07) is 3.58. The molecular formula is C20H29N3O2. The summed E-state index contributed by atoms with van der Waals surface area (Å²) in [6.07, 6.45) is 12.4. The van der Waals surface area contributed by atoms with Crippen LogP contribution >= 0.6 is 0 Å².